The molecule has 2 bridgehead atoms. The molecule has 3 aromatic carbocycles. The van der Waals surface area contributed by atoms with Crippen LogP contribution in [0.2, 0.25) is 0 Å². The van der Waals surface area contributed by atoms with E-state index >= 15 is 0 Å². The highest BCUT2D eigenvalue weighted by Gasteiger charge is 2.40. The molecule has 0 spiro atoms. The van der Waals surface area contributed by atoms with Gasteiger partial charge in [0.15, 0.2) is 0 Å². The molecule has 2 fully saturated rings. The van der Waals surface area contributed by atoms with Crippen LogP contribution in [0.5, 0.6) is 0 Å². The Morgan fingerprint density at radius 2 is 1.17 bits per heavy atom. The third-order valence-electron chi connectivity index (χ3n) is 14.1. The summed E-state index contributed by atoms with van der Waals surface area (Å²) in [5.74, 6) is 1.10. The van der Waals surface area contributed by atoms with Gasteiger partial charge >= 0.3 is 12.2 Å². The number of methoxy groups -OCH3 is 2. The van der Waals surface area contributed by atoms with Crippen molar-refractivity contribution in [1.29, 1.82) is 0 Å². The number of ether oxygens (including phenoxy) is 2. The van der Waals surface area contributed by atoms with E-state index in [-0.39, 0.29) is 35.7 Å². The lowest BCUT2D eigenvalue weighted by Crippen LogP contribution is -2.53. The van der Waals surface area contributed by atoms with Crippen LogP contribution in [0, 0.1) is 11.8 Å². The Bertz CT molecular complexity index is 2570. The number of carbonyl (C=O) groups excluding carboxylic acids is 4. The van der Waals surface area contributed by atoms with Crippen molar-refractivity contribution in [3.8, 4) is 33.5 Å². The Kier molecular flexibility index (Phi) is 12.2. The summed E-state index contributed by atoms with van der Waals surface area (Å²) in [6, 6.07) is 20.5. The first-order valence-corrected chi connectivity index (χ1v) is 23.1. The van der Waals surface area contributed by atoms with Crippen molar-refractivity contribution in [1.82, 2.24) is 30.4 Å². The summed E-state index contributed by atoms with van der Waals surface area (Å²) in [7, 11) is 2.61. The molecular formula is C52H59N7O6. The van der Waals surface area contributed by atoms with E-state index in [1.54, 1.807) is 0 Å². The number of H-pyrrole nitrogens is 1. The second-order valence-corrected chi connectivity index (χ2v) is 18.7. The summed E-state index contributed by atoms with van der Waals surface area (Å²) in [6.45, 7) is 8.93. The summed E-state index contributed by atoms with van der Waals surface area (Å²) in [6.07, 6.45) is 12.5. The number of aromatic amines is 1. The predicted molar refractivity (Wildman–Crippen MR) is 251 cm³/mol. The summed E-state index contributed by atoms with van der Waals surface area (Å²) >= 11 is 0. The molecule has 2 aliphatic carbocycles. The van der Waals surface area contributed by atoms with Crippen molar-refractivity contribution in [2.45, 2.75) is 102 Å². The monoisotopic (exact) mass is 877 g/mol. The highest BCUT2D eigenvalue weighted by atomic mass is 16.5. The number of amides is 4. The minimum Gasteiger partial charge on any atom is -0.453 e. The van der Waals surface area contributed by atoms with Crippen LogP contribution >= 0.6 is 0 Å². The minimum atomic E-state index is -0.684. The highest BCUT2D eigenvalue weighted by molar-refractivity contribution is 6.04. The first kappa shape index (κ1) is 43.7. The summed E-state index contributed by atoms with van der Waals surface area (Å²) in [5.41, 5.74) is 12.9. The number of likely N-dealkylation sites (tertiary alicyclic amines) is 2. The number of allylic oxidation sites excluding steroid dienone is 3. The molecule has 9 rings (SSSR count). The van der Waals surface area contributed by atoms with E-state index in [1.807, 2.05) is 49.9 Å². The molecule has 4 amide bonds. The fraction of sp³-hybridized carbons (Fsp3) is 0.423. The quantitative estimate of drug-likeness (QED) is 0.120. The molecule has 4 aromatic rings. The first-order valence-electron chi connectivity index (χ1n) is 23.1. The fourth-order valence-corrected chi connectivity index (χ4v) is 10.7. The van der Waals surface area contributed by atoms with Crippen molar-refractivity contribution >= 4 is 35.3 Å². The van der Waals surface area contributed by atoms with Crippen LogP contribution in [0.1, 0.15) is 107 Å². The van der Waals surface area contributed by atoms with Crippen molar-refractivity contribution in [2.75, 3.05) is 27.3 Å². The topological polar surface area (TPSA) is 158 Å². The van der Waals surface area contributed by atoms with Gasteiger partial charge in [-0.15, -0.1) is 0 Å². The SMILES string of the molecule is COC(=O)N[C@H](C(=O)N1CCC[C@H]1C1=NC=C(c2ccc(-c3ccc(-c4ccc(-c5cnc([C@@H]6CCCN6C(=O)[C@@H](NC(=O)OC)C(C)C)[nH]5)cc4)c4c3C3C=CC4C3)cc2)C1)C(C)C. The first-order chi connectivity index (χ1) is 31.4. The van der Waals surface area contributed by atoms with Gasteiger partial charge in [0.25, 0.3) is 0 Å². The zero-order valence-electron chi connectivity index (χ0n) is 38.1. The zero-order chi connectivity index (χ0) is 45.5. The second kappa shape index (κ2) is 18.2. The van der Waals surface area contributed by atoms with Gasteiger partial charge in [0.2, 0.25) is 11.8 Å². The molecule has 6 atom stereocenters. The smallest absolute Gasteiger partial charge is 0.407 e. The largest absolute Gasteiger partial charge is 0.453 e. The molecule has 3 aliphatic heterocycles. The van der Waals surface area contributed by atoms with Gasteiger partial charge in [0.05, 0.1) is 38.2 Å². The van der Waals surface area contributed by atoms with Crippen molar-refractivity contribution in [3.63, 3.8) is 0 Å². The molecule has 338 valence electrons. The van der Waals surface area contributed by atoms with Gasteiger partial charge in [-0.2, -0.15) is 0 Å². The van der Waals surface area contributed by atoms with Crippen LogP contribution in [0.25, 0.3) is 39.1 Å². The van der Waals surface area contributed by atoms with Crippen molar-refractivity contribution in [2.24, 2.45) is 16.8 Å². The molecule has 65 heavy (non-hydrogen) atoms. The lowest BCUT2D eigenvalue weighted by Gasteiger charge is -2.31. The zero-order valence-corrected chi connectivity index (χ0v) is 38.1. The number of nitrogens with one attached hydrogen (secondary N) is 3. The molecule has 13 nitrogen and oxygen atoms in total. The normalized spacial score (nSPS) is 21.7. The molecule has 0 saturated carbocycles. The lowest BCUT2D eigenvalue weighted by atomic mass is 9.83. The molecule has 1 aromatic heterocycles. The summed E-state index contributed by atoms with van der Waals surface area (Å²) < 4.78 is 9.60. The number of aliphatic imine (C=N–C) groups is 1. The van der Waals surface area contributed by atoms with E-state index in [4.69, 9.17) is 19.5 Å². The Balaban J connectivity index is 0.888. The number of rotatable bonds is 12. The van der Waals surface area contributed by atoms with E-state index in [2.05, 4.69) is 88.4 Å². The number of alkyl carbamates (subject to hydrolysis) is 2. The summed E-state index contributed by atoms with van der Waals surface area (Å²) in [4.78, 5) is 68.3. The van der Waals surface area contributed by atoms with E-state index in [9.17, 15) is 19.2 Å². The summed E-state index contributed by atoms with van der Waals surface area (Å²) in [5, 5.41) is 5.46. The van der Waals surface area contributed by atoms with Crippen LogP contribution in [-0.2, 0) is 19.1 Å². The van der Waals surface area contributed by atoms with Crippen LogP contribution in [0.4, 0.5) is 9.59 Å². The molecule has 13 heteroatoms. The van der Waals surface area contributed by atoms with Gasteiger partial charge in [-0.1, -0.05) is 101 Å². The van der Waals surface area contributed by atoms with Crippen molar-refractivity contribution in [3.05, 3.63) is 108 Å². The minimum absolute atomic E-state index is 0.0837. The van der Waals surface area contributed by atoms with Crippen LogP contribution in [0.3, 0.4) is 0 Å². The van der Waals surface area contributed by atoms with Crippen molar-refractivity contribution < 1.29 is 28.7 Å². The molecule has 3 N–H and O–H groups in total. The third-order valence-corrected chi connectivity index (χ3v) is 14.1. The maximum absolute atomic E-state index is 13.7. The lowest BCUT2D eigenvalue weighted by molar-refractivity contribution is -0.135. The number of fused-ring (bicyclic) bond motifs is 5. The highest BCUT2D eigenvalue weighted by Crippen LogP contribution is 2.55. The van der Waals surface area contributed by atoms with E-state index in [0.29, 0.717) is 31.3 Å². The van der Waals surface area contributed by atoms with Gasteiger partial charge in [-0.3, -0.25) is 14.6 Å². The number of benzene rings is 3. The number of carbonyl (C=O) groups is 4. The molecular weight excluding hydrogens is 819 g/mol. The average molecular weight is 878 g/mol. The van der Waals surface area contributed by atoms with Crippen LogP contribution in [-0.4, -0.2) is 94.9 Å². The van der Waals surface area contributed by atoms with Gasteiger partial charge < -0.3 is 34.9 Å². The van der Waals surface area contributed by atoms with E-state index in [1.165, 1.54) is 47.6 Å². The standard InChI is InChI=1S/C52H59N7O6/c1-29(2)46(56-51(62)64-5)49(60)58-23-7-9-42(58)40-26-37(27-53-40)31-11-13-32(14-12-31)38-21-22-39(45-36-20-19-35(25-36)44(38)45)33-15-17-34(18-16-33)41-28-54-48(55-41)43-10-8-24-59(43)50(61)47(30(3)4)57-52(63)65-6/h11-22,27-30,35-36,42-43,46-47H,7-10,23-26H2,1-6H3,(H,54,55)(H,56,62)(H,57,63)/t35?,36?,42-,43-,46-,47-/m0/s1. The van der Waals surface area contributed by atoms with E-state index < -0.39 is 24.3 Å². The Labute approximate surface area is 380 Å². The van der Waals surface area contributed by atoms with Crippen LogP contribution in [0.15, 0.2) is 90.2 Å². The number of imidazole rings is 1. The van der Waals surface area contributed by atoms with Crippen LogP contribution < -0.4 is 10.6 Å². The molecule has 2 unspecified atom stereocenters. The molecule has 0 radical (unpaired) electrons. The number of hydrogen-bond acceptors (Lipinski definition) is 8. The van der Waals surface area contributed by atoms with Gasteiger partial charge in [0.1, 0.15) is 17.9 Å². The Hall–Kier alpha value is -6.50. The molecule has 5 aliphatic rings. The average Bonchev–Trinajstić information content (AvgIpc) is 4.19. The van der Waals surface area contributed by atoms with E-state index in [0.717, 1.165) is 66.0 Å². The maximum Gasteiger partial charge on any atom is 0.407 e. The number of aromatic nitrogens is 2. The van der Waals surface area contributed by atoms with Gasteiger partial charge in [-0.25, -0.2) is 14.6 Å². The number of hydrogen-bond donors (Lipinski definition) is 3. The second-order valence-electron chi connectivity index (χ2n) is 18.7. The third kappa shape index (κ3) is 8.37. The molecule has 4 heterocycles. The molecule has 2 saturated heterocycles. The fourth-order valence-electron chi connectivity index (χ4n) is 10.7. The Morgan fingerprint density at radius 1 is 0.677 bits per heavy atom. The predicted octanol–water partition coefficient (Wildman–Crippen LogP) is 9.15. The Morgan fingerprint density at radius 3 is 1.69 bits per heavy atom. The number of nitrogens with zero attached hydrogens (tertiary/aromatic N) is 4. The van der Waals surface area contributed by atoms with Gasteiger partial charge in [-0.05, 0) is 94.0 Å². The maximum atomic E-state index is 13.7. The van der Waals surface area contributed by atoms with Gasteiger partial charge in [0, 0.05) is 43.3 Å².